The molecule has 1 aromatic carbocycles. The van der Waals surface area contributed by atoms with Crippen LogP contribution in [0.25, 0.3) is 5.57 Å². The Bertz CT molecular complexity index is 1170. The quantitative estimate of drug-likeness (QED) is 0.436. The van der Waals surface area contributed by atoms with Crippen LogP contribution in [0.15, 0.2) is 30.3 Å². The average Bonchev–Trinajstić information content (AvgIpc) is 3.46. The number of carbonyl (C=O) groups is 1. The first kappa shape index (κ1) is 25.4. The number of carboxylic acids is 1. The van der Waals surface area contributed by atoms with E-state index in [2.05, 4.69) is 65.0 Å². The normalized spacial score (nSPS) is 46.1. The maximum atomic E-state index is 12.5. The molecule has 5 fully saturated rings. The predicted molar refractivity (Wildman–Crippen MR) is 155 cm³/mol. The second-order valence-electron chi connectivity index (χ2n) is 16.2. The number of rotatable bonds is 3. The molecule has 0 bridgehead atoms. The monoisotopic (exact) mass is 514 g/mol. The first-order valence-corrected chi connectivity index (χ1v) is 16.0. The highest BCUT2D eigenvalue weighted by Crippen LogP contribution is 2.73. The molecule has 8 unspecified atom stereocenters. The SMILES string of the molecule is CC1(c2ccc(C3=CCC4(C)C(CCC5(C)C6CCC7(C(=O)O)CCCC7C6CCC54)C3(C)C)cc2)CC1. The number of hydrogen-bond donors (Lipinski definition) is 1. The maximum absolute atomic E-state index is 12.5. The Labute approximate surface area is 231 Å². The Balaban J connectivity index is 1.19. The minimum Gasteiger partial charge on any atom is -0.481 e. The van der Waals surface area contributed by atoms with E-state index in [-0.39, 0.29) is 5.41 Å². The highest BCUT2D eigenvalue weighted by Gasteiger charge is 2.66. The Hall–Kier alpha value is -1.57. The third-order valence-electron chi connectivity index (χ3n) is 14.4. The van der Waals surface area contributed by atoms with Gasteiger partial charge in [0.2, 0.25) is 0 Å². The van der Waals surface area contributed by atoms with Crippen molar-refractivity contribution in [1.29, 1.82) is 0 Å². The molecule has 0 aromatic heterocycles. The van der Waals surface area contributed by atoms with Gasteiger partial charge in [-0.15, -0.1) is 0 Å². The van der Waals surface area contributed by atoms with Crippen LogP contribution in [0, 0.1) is 51.2 Å². The van der Waals surface area contributed by atoms with E-state index in [4.69, 9.17) is 0 Å². The molecule has 0 amide bonds. The molecule has 0 heterocycles. The van der Waals surface area contributed by atoms with Crippen LogP contribution in [-0.2, 0) is 10.2 Å². The van der Waals surface area contributed by atoms with Crippen molar-refractivity contribution in [2.24, 2.45) is 51.2 Å². The molecule has 1 N–H and O–H groups in total. The van der Waals surface area contributed by atoms with Crippen molar-refractivity contribution in [2.45, 2.75) is 117 Å². The van der Waals surface area contributed by atoms with Crippen molar-refractivity contribution < 1.29 is 9.90 Å². The zero-order valence-electron chi connectivity index (χ0n) is 24.6. The Morgan fingerprint density at radius 2 is 1.50 bits per heavy atom. The van der Waals surface area contributed by atoms with Gasteiger partial charge >= 0.3 is 5.97 Å². The fraction of sp³-hybridized carbons (Fsp3) is 0.750. The standard InChI is InChI=1S/C36H50O2/c1-32(2)26(23-8-10-24(11-9-23)33(3)21-22-33)14-18-35(5)29(32)16-19-34(4)27-15-20-36(31(37)38)17-6-7-28(36)25(27)12-13-30(34)35/h8-11,14,25,27-30H,6-7,12-13,15-22H2,1-5H3,(H,37,38). The molecule has 0 radical (unpaired) electrons. The van der Waals surface area contributed by atoms with Gasteiger partial charge in [0.25, 0.3) is 0 Å². The van der Waals surface area contributed by atoms with Gasteiger partial charge in [-0.1, -0.05) is 71.4 Å². The average molecular weight is 515 g/mol. The number of fused-ring (bicyclic) bond motifs is 7. The highest BCUT2D eigenvalue weighted by atomic mass is 16.4. The number of carboxylic acid groups (broad SMARTS) is 1. The van der Waals surface area contributed by atoms with Crippen LogP contribution in [0.1, 0.15) is 123 Å². The molecule has 38 heavy (non-hydrogen) atoms. The third-order valence-corrected chi connectivity index (χ3v) is 14.4. The predicted octanol–water partition coefficient (Wildman–Crippen LogP) is 9.28. The molecule has 5 saturated carbocycles. The molecule has 1 aromatic rings. The molecule has 6 aliphatic rings. The smallest absolute Gasteiger partial charge is 0.309 e. The van der Waals surface area contributed by atoms with E-state index >= 15 is 0 Å². The lowest BCUT2D eigenvalue weighted by Crippen LogP contribution is -2.61. The van der Waals surface area contributed by atoms with Crippen LogP contribution in [0.5, 0.6) is 0 Å². The second-order valence-corrected chi connectivity index (χ2v) is 16.2. The van der Waals surface area contributed by atoms with Gasteiger partial charge in [-0.05, 0) is 139 Å². The Kier molecular flexibility index (Phi) is 5.35. The Morgan fingerprint density at radius 3 is 2.18 bits per heavy atom. The second kappa shape index (κ2) is 8.01. The third kappa shape index (κ3) is 3.21. The molecule has 0 spiro atoms. The zero-order valence-corrected chi connectivity index (χ0v) is 24.6. The lowest BCUT2D eigenvalue weighted by molar-refractivity contribution is -0.187. The first-order valence-electron chi connectivity index (χ1n) is 16.0. The molecule has 7 rings (SSSR count). The topological polar surface area (TPSA) is 37.3 Å². The first-order chi connectivity index (χ1) is 18.0. The lowest BCUT2D eigenvalue weighted by atomic mass is 9.36. The van der Waals surface area contributed by atoms with Crippen molar-refractivity contribution in [3.63, 3.8) is 0 Å². The van der Waals surface area contributed by atoms with Crippen LogP contribution in [-0.4, -0.2) is 11.1 Å². The summed E-state index contributed by atoms with van der Waals surface area (Å²) in [5.74, 6) is 2.77. The van der Waals surface area contributed by atoms with E-state index in [1.165, 1.54) is 56.1 Å². The van der Waals surface area contributed by atoms with Gasteiger partial charge in [-0.3, -0.25) is 4.79 Å². The van der Waals surface area contributed by atoms with E-state index in [0.717, 1.165) is 43.9 Å². The Morgan fingerprint density at radius 1 is 0.763 bits per heavy atom. The van der Waals surface area contributed by atoms with E-state index in [1.807, 2.05) is 0 Å². The summed E-state index contributed by atoms with van der Waals surface area (Å²) in [6.45, 7) is 12.8. The van der Waals surface area contributed by atoms with Gasteiger partial charge in [0.1, 0.15) is 0 Å². The van der Waals surface area contributed by atoms with Gasteiger partial charge in [-0.25, -0.2) is 0 Å². The molecular formula is C36H50O2. The van der Waals surface area contributed by atoms with Crippen molar-refractivity contribution >= 4 is 11.5 Å². The maximum Gasteiger partial charge on any atom is 0.309 e. The summed E-state index contributed by atoms with van der Waals surface area (Å²) in [5.41, 5.74) is 5.46. The number of benzene rings is 1. The fourth-order valence-corrected chi connectivity index (χ4v) is 12.2. The van der Waals surface area contributed by atoms with Crippen molar-refractivity contribution in [2.75, 3.05) is 0 Å². The van der Waals surface area contributed by atoms with E-state index < -0.39 is 11.4 Å². The van der Waals surface area contributed by atoms with E-state index in [0.29, 0.717) is 34.0 Å². The fourth-order valence-electron chi connectivity index (χ4n) is 12.2. The molecule has 206 valence electrons. The summed E-state index contributed by atoms with van der Waals surface area (Å²) in [4.78, 5) is 12.5. The number of aliphatic carboxylic acids is 1. The van der Waals surface area contributed by atoms with Crippen LogP contribution >= 0.6 is 0 Å². The van der Waals surface area contributed by atoms with Gasteiger partial charge in [0, 0.05) is 0 Å². The minimum atomic E-state index is -0.479. The molecule has 6 aliphatic carbocycles. The summed E-state index contributed by atoms with van der Waals surface area (Å²) in [6.07, 6.45) is 17.0. The van der Waals surface area contributed by atoms with Crippen LogP contribution in [0.3, 0.4) is 0 Å². The number of allylic oxidation sites excluding steroid dienone is 2. The largest absolute Gasteiger partial charge is 0.481 e. The van der Waals surface area contributed by atoms with Gasteiger partial charge in [0.05, 0.1) is 5.41 Å². The van der Waals surface area contributed by atoms with Crippen molar-refractivity contribution in [3.05, 3.63) is 41.5 Å². The van der Waals surface area contributed by atoms with Crippen molar-refractivity contribution in [3.8, 4) is 0 Å². The van der Waals surface area contributed by atoms with Gasteiger partial charge in [-0.2, -0.15) is 0 Å². The summed E-state index contributed by atoms with van der Waals surface area (Å²) in [5, 5.41) is 10.3. The number of hydrogen-bond acceptors (Lipinski definition) is 1. The van der Waals surface area contributed by atoms with Gasteiger partial charge < -0.3 is 5.11 Å². The van der Waals surface area contributed by atoms with Crippen molar-refractivity contribution in [1.82, 2.24) is 0 Å². The van der Waals surface area contributed by atoms with Gasteiger partial charge in [0.15, 0.2) is 0 Å². The zero-order chi connectivity index (χ0) is 26.7. The summed E-state index contributed by atoms with van der Waals surface area (Å²) in [6, 6.07) is 9.67. The van der Waals surface area contributed by atoms with Crippen LogP contribution in [0.2, 0.25) is 0 Å². The molecular weight excluding hydrogens is 464 g/mol. The molecule has 2 nitrogen and oxygen atoms in total. The molecule has 0 aliphatic heterocycles. The van der Waals surface area contributed by atoms with E-state index in [9.17, 15) is 9.90 Å². The summed E-state index contributed by atoms with van der Waals surface area (Å²) < 4.78 is 0. The molecule has 2 heteroatoms. The summed E-state index contributed by atoms with van der Waals surface area (Å²) in [7, 11) is 0. The van der Waals surface area contributed by atoms with Crippen LogP contribution in [0.4, 0.5) is 0 Å². The van der Waals surface area contributed by atoms with E-state index in [1.54, 1.807) is 5.57 Å². The minimum absolute atomic E-state index is 0.173. The molecule has 0 saturated heterocycles. The molecule has 8 atom stereocenters. The highest BCUT2D eigenvalue weighted by molar-refractivity contribution is 5.76. The van der Waals surface area contributed by atoms with Crippen LogP contribution < -0.4 is 0 Å². The lowest BCUT2D eigenvalue weighted by Gasteiger charge is -2.68. The summed E-state index contributed by atoms with van der Waals surface area (Å²) >= 11 is 0.